The first-order valence-electron chi connectivity index (χ1n) is 7.97. The second-order valence-corrected chi connectivity index (χ2v) is 7.13. The second-order valence-electron chi connectivity index (χ2n) is 5.75. The van der Waals surface area contributed by atoms with Crippen molar-refractivity contribution in [3.8, 4) is 0 Å². The van der Waals surface area contributed by atoms with Gasteiger partial charge < -0.3 is 4.55 Å². The van der Waals surface area contributed by atoms with Gasteiger partial charge in [0, 0.05) is 0 Å². The average Bonchev–Trinajstić information content (AvgIpc) is 2.49. The molecule has 0 heterocycles. The Morgan fingerprint density at radius 2 is 1.57 bits per heavy atom. The molecule has 0 saturated carbocycles. The SMILES string of the molecule is CCCCc1ccc2ccc(S(=O)(=O)[O-])cc2c1CCCC.[Na+]. The molecule has 23 heavy (non-hydrogen) atoms. The fraction of sp³-hybridized carbons (Fsp3) is 0.444. The predicted molar refractivity (Wildman–Crippen MR) is 89.1 cm³/mol. The molecule has 0 bridgehead atoms. The third-order valence-corrected chi connectivity index (χ3v) is 4.90. The number of fused-ring (bicyclic) bond motifs is 1. The van der Waals surface area contributed by atoms with Crippen LogP contribution in [0.3, 0.4) is 0 Å². The minimum Gasteiger partial charge on any atom is -0.744 e. The van der Waals surface area contributed by atoms with E-state index in [9.17, 15) is 13.0 Å². The predicted octanol–water partition coefficient (Wildman–Crippen LogP) is 1.43. The molecule has 0 unspecified atom stereocenters. The molecule has 0 fully saturated rings. The van der Waals surface area contributed by atoms with E-state index in [1.54, 1.807) is 12.1 Å². The summed E-state index contributed by atoms with van der Waals surface area (Å²) < 4.78 is 33.9. The van der Waals surface area contributed by atoms with Gasteiger partial charge in [-0.25, -0.2) is 8.42 Å². The molecule has 0 spiro atoms. The topological polar surface area (TPSA) is 57.2 Å². The maximum Gasteiger partial charge on any atom is 1.00 e. The summed E-state index contributed by atoms with van der Waals surface area (Å²) >= 11 is 0. The first-order chi connectivity index (χ1) is 10.5. The van der Waals surface area contributed by atoms with Gasteiger partial charge in [-0.15, -0.1) is 0 Å². The van der Waals surface area contributed by atoms with Crippen LogP contribution in [0.4, 0.5) is 0 Å². The Morgan fingerprint density at radius 1 is 0.957 bits per heavy atom. The van der Waals surface area contributed by atoms with Gasteiger partial charge in [0.15, 0.2) is 0 Å². The molecule has 5 heteroatoms. The molecule has 0 aliphatic heterocycles. The fourth-order valence-electron chi connectivity index (χ4n) is 2.81. The Hall–Kier alpha value is -0.390. The van der Waals surface area contributed by atoms with Crippen molar-refractivity contribution in [2.75, 3.05) is 0 Å². The van der Waals surface area contributed by atoms with Crippen molar-refractivity contribution in [3.05, 3.63) is 41.5 Å². The Bertz CT molecular complexity index is 754. The number of unbranched alkanes of at least 4 members (excludes halogenated alkanes) is 2. The zero-order valence-electron chi connectivity index (χ0n) is 14.3. The summed E-state index contributed by atoms with van der Waals surface area (Å²) in [5, 5.41) is 1.91. The summed E-state index contributed by atoms with van der Waals surface area (Å²) in [5.74, 6) is 0. The van der Waals surface area contributed by atoms with Crippen LogP contribution >= 0.6 is 0 Å². The van der Waals surface area contributed by atoms with Crippen molar-refractivity contribution in [2.45, 2.75) is 57.3 Å². The summed E-state index contributed by atoms with van der Waals surface area (Å²) in [6.07, 6.45) is 6.31. The van der Waals surface area contributed by atoms with Gasteiger partial charge in [0.25, 0.3) is 0 Å². The maximum atomic E-state index is 11.3. The Morgan fingerprint density at radius 3 is 2.17 bits per heavy atom. The van der Waals surface area contributed by atoms with Gasteiger partial charge in [-0.3, -0.25) is 0 Å². The monoisotopic (exact) mass is 342 g/mol. The Labute approximate surface area is 161 Å². The smallest absolute Gasteiger partial charge is 0.744 e. The molecule has 120 valence electrons. The minimum atomic E-state index is -4.41. The van der Waals surface area contributed by atoms with E-state index >= 15 is 0 Å². The standard InChI is InChI=1S/C18H24O3S.Na/c1-3-5-7-14-9-10-15-11-12-16(22(19,20)21)13-18(15)17(14)8-6-4-2;/h9-13H,3-8H2,1-2H3,(H,19,20,21);/q;+1/p-1. The largest absolute Gasteiger partial charge is 1.00 e. The van der Waals surface area contributed by atoms with E-state index in [2.05, 4.69) is 19.9 Å². The summed E-state index contributed by atoms with van der Waals surface area (Å²) in [6, 6.07) is 8.86. The first kappa shape index (κ1) is 20.7. The molecule has 0 aliphatic rings. The normalized spacial score (nSPS) is 11.4. The number of aryl methyl sites for hydroxylation is 2. The number of rotatable bonds is 7. The van der Waals surface area contributed by atoms with Crippen molar-refractivity contribution in [2.24, 2.45) is 0 Å². The van der Waals surface area contributed by atoms with Gasteiger partial charge in [0.2, 0.25) is 0 Å². The molecular weight excluding hydrogens is 319 g/mol. The molecule has 0 N–H and O–H groups in total. The van der Waals surface area contributed by atoms with Gasteiger partial charge in [0.05, 0.1) is 4.90 Å². The van der Waals surface area contributed by atoms with Crippen LogP contribution in [0, 0.1) is 0 Å². The summed E-state index contributed by atoms with van der Waals surface area (Å²) in [4.78, 5) is -0.134. The van der Waals surface area contributed by atoms with Crippen LogP contribution in [0.2, 0.25) is 0 Å². The van der Waals surface area contributed by atoms with Crippen LogP contribution in [0.15, 0.2) is 35.2 Å². The van der Waals surface area contributed by atoms with Gasteiger partial charge in [0.1, 0.15) is 10.1 Å². The number of hydrogen-bond acceptors (Lipinski definition) is 3. The molecule has 3 nitrogen and oxygen atoms in total. The molecule has 2 rings (SSSR count). The van der Waals surface area contributed by atoms with Crippen molar-refractivity contribution < 1.29 is 42.5 Å². The summed E-state index contributed by atoms with van der Waals surface area (Å²) in [6.45, 7) is 4.30. The average molecular weight is 342 g/mol. The molecule has 0 aliphatic carbocycles. The van der Waals surface area contributed by atoms with Crippen LogP contribution in [-0.4, -0.2) is 13.0 Å². The molecular formula is C18H23NaO3S. The van der Waals surface area contributed by atoms with E-state index in [0.29, 0.717) is 0 Å². The zero-order valence-corrected chi connectivity index (χ0v) is 17.1. The van der Waals surface area contributed by atoms with Crippen LogP contribution in [0.1, 0.15) is 50.7 Å². The van der Waals surface area contributed by atoms with Crippen LogP contribution < -0.4 is 29.6 Å². The maximum absolute atomic E-state index is 11.3. The summed E-state index contributed by atoms with van der Waals surface area (Å²) in [5.41, 5.74) is 2.49. The van der Waals surface area contributed by atoms with E-state index < -0.39 is 10.1 Å². The van der Waals surface area contributed by atoms with E-state index in [0.717, 1.165) is 49.3 Å². The van der Waals surface area contributed by atoms with Gasteiger partial charge in [-0.05, 0) is 59.7 Å². The van der Waals surface area contributed by atoms with Crippen molar-refractivity contribution in [1.82, 2.24) is 0 Å². The van der Waals surface area contributed by atoms with Gasteiger partial charge >= 0.3 is 29.6 Å². The molecule has 0 radical (unpaired) electrons. The quantitative estimate of drug-likeness (QED) is 0.565. The zero-order chi connectivity index (χ0) is 16.2. The second kappa shape index (κ2) is 9.19. The van der Waals surface area contributed by atoms with E-state index in [4.69, 9.17) is 0 Å². The molecule has 2 aromatic carbocycles. The van der Waals surface area contributed by atoms with Crippen molar-refractivity contribution in [3.63, 3.8) is 0 Å². The van der Waals surface area contributed by atoms with E-state index in [1.165, 1.54) is 17.2 Å². The van der Waals surface area contributed by atoms with Crippen molar-refractivity contribution in [1.29, 1.82) is 0 Å². The van der Waals surface area contributed by atoms with Crippen molar-refractivity contribution >= 4 is 20.9 Å². The molecule has 2 aromatic rings. The fourth-order valence-corrected chi connectivity index (χ4v) is 3.31. The van der Waals surface area contributed by atoms with Crippen LogP contribution in [-0.2, 0) is 23.0 Å². The Balaban J connectivity index is 0.00000264. The molecule has 0 saturated heterocycles. The van der Waals surface area contributed by atoms with Gasteiger partial charge in [-0.1, -0.05) is 44.9 Å². The van der Waals surface area contributed by atoms with Gasteiger partial charge in [-0.2, -0.15) is 0 Å². The first-order valence-corrected chi connectivity index (χ1v) is 9.38. The number of hydrogen-bond donors (Lipinski definition) is 0. The summed E-state index contributed by atoms with van der Waals surface area (Å²) in [7, 11) is -4.41. The minimum absolute atomic E-state index is 0. The van der Waals surface area contributed by atoms with E-state index in [1.807, 2.05) is 6.07 Å². The third kappa shape index (κ3) is 5.30. The van der Waals surface area contributed by atoms with Crippen LogP contribution in [0.25, 0.3) is 10.8 Å². The molecule has 0 aromatic heterocycles. The molecule has 0 atom stereocenters. The number of benzene rings is 2. The third-order valence-electron chi connectivity index (χ3n) is 4.07. The molecule has 0 amide bonds. The van der Waals surface area contributed by atoms with E-state index in [-0.39, 0.29) is 34.5 Å². The van der Waals surface area contributed by atoms with Crippen LogP contribution in [0.5, 0.6) is 0 Å². The Kier molecular flexibility index (Phi) is 8.25.